The lowest BCUT2D eigenvalue weighted by Gasteiger charge is -2.37. The van der Waals surface area contributed by atoms with Gasteiger partial charge in [0.2, 0.25) is 0 Å². The summed E-state index contributed by atoms with van der Waals surface area (Å²) in [6.07, 6.45) is 1.16. The fourth-order valence-corrected chi connectivity index (χ4v) is 5.76. The van der Waals surface area contributed by atoms with Crippen LogP contribution in [0.15, 0.2) is 89.9 Å². The SMILES string of the molecule is CC(Oc1ccc2c(c1)c1ccnc3c4ccccc4c(=O)n2c13)C(=O)N1CCN(c2ccccc2)CC1. The van der Waals surface area contributed by atoms with E-state index in [2.05, 4.69) is 22.0 Å². The molecule has 188 valence electrons. The molecule has 7 heteroatoms. The van der Waals surface area contributed by atoms with E-state index in [-0.39, 0.29) is 11.5 Å². The first-order chi connectivity index (χ1) is 18.6. The number of para-hydroxylation sites is 1. The molecule has 4 heterocycles. The summed E-state index contributed by atoms with van der Waals surface area (Å²) in [7, 11) is 0. The van der Waals surface area contributed by atoms with Gasteiger partial charge in [-0.3, -0.25) is 19.0 Å². The normalized spacial score (nSPS) is 15.1. The molecule has 1 aliphatic heterocycles. The molecule has 0 spiro atoms. The summed E-state index contributed by atoms with van der Waals surface area (Å²) < 4.78 is 7.91. The van der Waals surface area contributed by atoms with Crippen LogP contribution in [0.1, 0.15) is 6.92 Å². The first-order valence-corrected chi connectivity index (χ1v) is 12.9. The van der Waals surface area contributed by atoms with E-state index in [1.54, 1.807) is 17.5 Å². The van der Waals surface area contributed by atoms with Crippen molar-refractivity contribution in [2.75, 3.05) is 31.1 Å². The van der Waals surface area contributed by atoms with Gasteiger partial charge in [-0.05, 0) is 49.4 Å². The van der Waals surface area contributed by atoms with Crippen LogP contribution in [0.4, 0.5) is 5.69 Å². The molecule has 6 aromatic rings. The molecule has 0 radical (unpaired) electrons. The van der Waals surface area contributed by atoms with E-state index in [0.717, 1.165) is 45.8 Å². The van der Waals surface area contributed by atoms with Crippen molar-refractivity contribution >= 4 is 49.7 Å². The number of hydrogen-bond donors (Lipinski definition) is 0. The van der Waals surface area contributed by atoms with Crippen LogP contribution < -0.4 is 15.2 Å². The third-order valence-electron chi connectivity index (χ3n) is 7.64. The van der Waals surface area contributed by atoms with Crippen molar-refractivity contribution in [1.29, 1.82) is 0 Å². The van der Waals surface area contributed by atoms with Gasteiger partial charge in [-0.25, -0.2) is 0 Å². The zero-order valence-corrected chi connectivity index (χ0v) is 21.0. The molecule has 7 rings (SSSR count). The number of nitrogens with zero attached hydrogens (tertiary/aromatic N) is 4. The van der Waals surface area contributed by atoms with E-state index in [0.29, 0.717) is 24.2 Å². The predicted octanol–water partition coefficient (Wildman–Crippen LogP) is 4.71. The lowest BCUT2D eigenvalue weighted by atomic mass is 10.1. The molecule has 1 saturated heterocycles. The number of anilines is 1. The number of pyridine rings is 2. The van der Waals surface area contributed by atoms with Crippen LogP contribution in [0.3, 0.4) is 0 Å². The van der Waals surface area contributed by atoms with E-state index in [1.807, 2.05) is 71.6 Å². The zero-order valence-electron chi connectivity index (χ0n) is 21.0. The Hall–Kier alpha value is -4.65. The maximum Gasteiger partial charge on any atom is 0.263 e. The predicted molar refractivity (Wildman–Crippen MR) is 150 cm³/mol. The van der Waals surface area contributed by atoms with Crippen molar-refractivity contribution in [3.63, 3.8) is 0 Å². The zero-order chi connectivity index (χ0) is 25.8. The maximum atomic E-state index is 13.5. The van der Waals surface area contributed by atoms with Gasteiger partial charge in [0, 0.05) is 59.6 Å². The third kappa shape index (κ3) is 3.46. The molecule has 0 aliphatic carbocycles. The Bertz CT molecular complexity index is 1870. The Morgan fingerprint density at radius 3 is 2.37 bits per heavy atom. The van der Waals surface area contributed by atoms with Gasteiger partial charge in [0.05, 0.1) is 16.6 Å². The van der Waals surface area contributed by atoms with E-state index in [9.17, 15) is 9.59 Å². The Labute approximate surface area is 218 Å². The summed E-state index contributed by atoms with van der Waals surface area (Å²) in [5.41, 5.74) is 3.53. The van der Waals surface area contributed by atoms with Crippen LogP contribution in [-0.2, 0) is 4.79 Å². The number of fused-ring (bicyclic) bond motifs is 5. The number of ether oxygens (including phenoxy) is 1. The topological polar surface area (TPSA) is 67.1 Å². The summed E-state index contributed by atoms with van der Waals surface area (Å²) in [5.74, 6) is 0.582. The van der Waals surface area contributed by atoms with Crippen molar-refractivity contribution in [1.82, 2.24) is 14.3 Å². The average Bonchev–Trinajstić information content (AvgIpc) is 3.31. The highest BCUT2D eigenvalue weighted by atomic mass is 16.5. The van der Waals surface area contributed by atoms with Crippen molar-refractivity contribution in [2.24, 2.45) is 0 Å². The van der Waals surface area contributed by atoms with Gasteiger partial charge in [-0.1, -0.05) is 36.4 Å². The molecule has 1 atom stereocenters. The number of aromatic nitrogens is 2. The number of rotatable bonds is 4. The van der Waals surface area contributed by atoms with E-state index in [4.69, 9.17) is 4.74 Å². The van der Waals surface area contributed by atoms with Gasteiger partial charge < -0.3 is 14.5 Å². The average molecular weight is 503 g/mol. The smallest absolute Gasteiger partial charge is 0.263 e. The van der Waals surface area contributed by atoms with E-state index >= 15 is 0 Å². The third-order valence-corrected chi connectivity index (χ3v) is 7.64. The Morgan fingerprint density at radius 1 is 0.842 bits per heavy atom. The van der Waals surface area contributed by atoms with Crippen molar-refractivity contribution < 1.29 is 9.53 Å². The second-order valence-corrected chi connectivity index (χ2v) is 9.83. The summed E-state index contributed by atoms with van der Waals surface area (Å²) in [6, 6.07) is 25.5. The van der Waals surface area contributed by atoms with Gasteiger partial charge in [0.25, 0.3) is 11.5 Å². The first-order valence-electron chi connectivity index (χ1n) is 12.9. The molecule has 3 aromatic carbocycles. The number of piperazine rings is 1. The molecule has 38 heavy (non-hydrogen) atoms. The fourth-order valence-electron chi connectivity index (χ4n) is 5.76. The number of hydrogen-bond acceptors (Lipinski definition) is 5. The van der Waals surface area contributed by atoms with E-state index in [1.165, 1.54) is 5.69 Å². The van der Waals surface area contributed by atoms with Gasteiger partial charge >= 0.3 is 0 Å². The summed E-state index contributed by atoms with van der Waals surface area (Å²) in [6.45, 7) is 4.70. The lowest BCUT2D eigenvalue weighted by molar-refractivity contribution is -0.138. The molecule has 7 nitrogen and oxygen atoms in total. The maximum absolute atomic E-state index is 13.5. The van der Waals surface area contributed by atoms with Gasteiger partial charge in [-0.2, -0.15) is 0 Å². The highest BCUT2D eigenvalue weighted by Crippen LogP contribution is 2.34. The van der Waals surface area contributed by atoms with E-state index < -0.39 is 6.10 Å². The summed E-state index contributed by atoms with van der Waals surface area (Å²) in [5, 5.41) is 3.33. The monoisotopic (exact) mass is 502 g/mol. The molecule has 3 aromatic heterocycles. The minimum Gasteiger partial charge on any atom is -0.481 e. The Morgan fingerprint density at radius 2 is 1.58 bits per heavy atom. The molecular formula is C31H26N4O3. The van der Waals surface area contributed by atoms with Crippen molar-refractivity contribution in [3.05, 3.63) is 95.4 Å². The molecule has 0 N–H and O–H groups in total. The quantitative estimate of drug-likeness (QED) is 0.327. The van der Waals surface area contributed by atoms with Crippen LogP contribution in [0.5, 0.6) is 5.75 Å². The summed E-state index contributed by atoms with van der Waals surface area (Å²) in [4.78, 5) is 35.5. The number of carbonyl (C=O) groups excluding carboxylic acids is 1. The van der Waals surface area contributed by atoms with Gasteiger partial charge in [0.15, 0.2) is 6.10 Å². The second-order valence-electron chi connectivity index (χ2n) is 9.83. The van der Waals surface area contributed by atoms with Crippen LogP contribution >= 0.6 is 0 Å². The number of carbonyl (C=O) groups is 1. The molecule has 0 saturated carbocycles. The highest BCUT2D eigenvalue weighted by Gasteiger charge is 2.26. The standard InChI is InChI=1S/C31H26N4O3/c1-20(30(36)34-17-15-33(16-18-34)21-7-3-2-4-8-21)38-22-11-12-27-26(19-22)24-13-14-32-28-23-9-5-6-10-25(23)31(37)35(27)29(24)28/h2-14,19-20H,15-18H2,1H3. The van der Waals surface area contributed by atoms with Crippen LogP contribution in [-0.4, -0.2) is 52.5 Å². The first kappa shape index (κ1) is 22.5. The van der Waals surface area contributed by atoms with Gasteiger partial charge in [0.1, 0.15) is 5.75 Å². The Balaban J connectivity index is 1.18. The van der Waals surface area contributed by atoms with Crippen LogP contribution in [0, 0.1) is 0 Å². The molecule has 1 unspecified atom stereocenters. The number of amides is 1. The molecule has 1 fully saturated rings. The second kappa shape index (κ2) is 8.73. The van der Waals surface area contributed by atoms with Crippen LogP contribution in [0.2, 0.25) is 0 Å². The summed E-state index contributed by atoms with van der Waals surface area (Å²) >= 11 is 0. The fraction of sp³-hybridized carbons (Fsp3) is 0.194. The molecule has 1 aliphatic rings. The van der Waals surface area contributed by atoms with Gasteiger partial charge in [-0.15, -0.1) is 0 Å². The minimum atomic E-state index is -0.622. The molecule has 0 bridgehead atoms. The van der Waals surface area contributed by atoms with Crippen LogP contribution in [0.25, 0.3) is 38.1 Å². The minimum absolute atomic E-state index is 0.0183. The largest absolute Gasteiger partial charge is 0.481 e. The highest BCUT2D eigenvalue weighted by molar-refractivity contribution is 6.18. The van der Waals surface area contributed by atoms with Crippen molar-refractivity contribution in [2.45, 2.75) is 13.0 Å². The number of benzene rings is 3. The molecular weight excluding hydrogens is 476 g/mol. The van der Waals surface area contributed by atoms with Crippen molar-refractivity contribution in [3.8, 4) is 5.75 Å². The Kier molecular flexibility index (Phi) is 5.18. The molecule has 1 amide bonds. The lowest BCUT2D eigenvalue weighted by Crippen LogP contribution is -2.52.